The lowest BCUT2D eigenvalue weighted by Crippen LogP contribution is -2.24. The van der Waals surface area contributed by atoms with Crippen LogP contribution in [0.2, 0.25) is 0 Å². The minimum atomic E-state index is -0.378. The number of halogens is 1. The minimum absolute atomic E-state index is 0.126. The molecule has 0 amide bonds. The van der Waals surface area contributed by atoms with Gasteiger partial charge in [-0.25, -0.2) is 0 Å². The molecule has 0 aliphatic rings. The van der Waals surface area contributed by atoms with E-state index in [1.807, 2.05) is 13.1 Å². The van der Waals surface area contributed by atoms with Crippen molar-refractivity contribution in [1.29, 1.82) is 0 Å². The maximum atomic E-state index is 10.6. The van der Waals surface area contributed by atoms with Gasteiger partial charge in [-0.15, -0.1) is 0 Å². The van der Waals surface area contributed by atoms with Crippen LogP contribution in [0.4, 0.5) is 5.69 Å². The first kappa shape index (κ1) is 14.1. The summed E-state index contributed by atoms with van der Waals surface area (Å²) in [5.41, 5.74) is 1.24. The van der Waals surface area contributed by atoms with E-state index in [0.29, 0.717) is 6.04 Å². The molecule has 1 rings (SSSR count). The first-order chi connectivity index (χ1) is 8.08. The summed E-state index contributed by atoms with van der Waals surface area (Å²) in [6.07, 6.45) is 3.03. The standard InChI is InChI=1S/C12H17BrN2O2/c1-3-10(14-2)6-4-9-5-7-11(15(16)17)8-12(9)13/h5,7-8,10,14H,3-4,6H2,1-2H3. The van der Waals surface area contributed by atoms with Crippen molar-refractivity contribution in [2.45, 2.75) is 32.2 Å². The summed E-state index contributed by atoms with van der Waals surface area (Å²) in [7, 11) is 1.96. The van der Waals surface area contributed by atoms with Crippen molar-refractivity contribution in [3.63, 3.8) is 0 Å². The second-order valence-electron chi connectivity index (χ2n) is 3.97. The van der Waals surface area contributed by atoms with E-state index in [1.54, 1.807) is 12.1 Å². The number of aryl methyl sites for hydroxylation is 1. The SMILES string of the molecule is CCC(CCc1ccc([N+](=O)[O-])cc1Br)NC. The number of nitro groups is 1. The highest BCUT2D eigenvalue weighted by Crippen LogP contribution is 2.24. The van der Waals surface area contributed by atoms with Crippen LogP contribution in [-0.2, 0) is 6.42 Å². The molecular formula is C12H17BrN2O2. The Bertz CT molecular complexity index is 392. The van der Waals surface area contributed by atoms with Gasteiger partial charge in [-0.05, 0) is 31.9 Å². The maximum Gasteiger partial charge on any atom is 0.270 e. The molecule has 1 aromatic carbocycles. The Morgan fingerprint density at radius 1 is 1.53 bits per heavy atom. The van der Waals surface area contributed by atoms with Gasteiger partial charge in [0.05, 0.1) is 4.92 Å². The van der Waals surface area contributed by atoms with E-state index in [1.165, 1.54) is 0 Å². The number of rotatable bonds is 6. The summed E-state index contributed by atoms with van der Waals surface area (Å²) >= 11 is 3.38. The molecule has 0 saturated carbocycles. The second kappa shape index (κ2) is 6.71. The molecule has 0 aliphatic carbocycles. The van der Waals surface area contributed by atoms with E-state index < -0.39 is 0 Å². The summed E-state index contributed by atoms with van der Waals surface area (Å²) in [6, 6.07) is 5.44. The lowest BCUT2D eigenvalue weighted by Gasteiger charge is -2.13. The van der Waals surface area contributed by atoms with Gasteiger partial charge in [-0.3, -0.25) is 10.1 Å². The van der Waals surface area contributed by atoms with E-state index >= 15 is 0 Å². The predicted octanol–water partition coefficient (Wildman–Crippen LogP) is 3.29. The first-order valence-corrected chi connectivity index (χ1v) is 6.47. The van der Waals surface area contributed by atoms with E-state index in [2.05, 4.69) is 28.2 Å². The van der Waals surface area contributed by atoms with Crippen molar-refractivity contribution >= 4 is 21.6 Å². The Labute approximate surface area is 110 Å². The molecule has 4 nitrogen and oxygen atoms in total. The van der Waals surface area contributed by atoms with Gasteiger partial charge in [-0.2, -0.15) is 0 Å². The molecule has 0 fully saturated rings. The third kappa shape index (κ3) is 4.09. The lowest BCUT2D eigenvalue weighted by molar-refractivity contribution is -0.384. The van der Waals surface area contributed by atoms with Gasteiger partial charge in [-0.1, -0.05) is 28.9 Å². The minimum Gasteiger partial charge on any atom is -0.317 e. The average molecular weight is 301 g/mol. The van der Waals surface area contributed by atoms with Crippen LogP contribution in [0.15, 0.2) is 22.7 Å². The zero-order valence-electron chi connectivity index (χ0n) is 10.1. The van der Waals surface area contributed by atoms with Gasteiger partial charge in [0.25, 0.3) is 5.69 Å². The average Bonchev–Trinajstić information content (AvgIpc) is 2.31. The number of nitrogens with zero attached hydrogens (tertiary/aromatic N) is 1. The van der Waals surface area contributed by atoms with Gasteiger partial charge < -0.3 is 5.32 Å². The number of nitro benzene ring substituents is 1. The normalized spacial score (nSPS) is 12.4. The van der Waals surface area contributed by atoms with Crippen LogP contribution in [0.25, 0.3) is 0 Å². The molecule has 1 N–H and O–H groups in total. The summed E-state index contributed by atoms with van der Waals surface area (Å²) in [5, 5.41) is 13.8. The van der Waals surface area contributed by atoms with E-state index in [4.69, 9.17) is 0 Å². The van der Waals surface area contributed by atoms with Gasteiger partial charge in [0.15, 0.2) is 0 Å². The largest absolute Gasteiger partial charge is 0.317 e. The monoisotopic (exact) mass is 300 g/mol. The van der Waals surface area contributed by atoms with Crippen molar-refractivity contribution < 1.29 is 4.92 Å². The van der Waals surface area contributed by atoms with Crippen molar-refractivity contribution in [1.82, 2.24) is 5.32 Å². The summed E-state index contributed by atoms with van der Waals surface area (Å²) < 4.78 is 0.817. The predicted molar refractivity (Wildman–Crippen MR) is 72.3 cm³/mol. The maximum absolute atomic E-state index is 10.6. The van der Waals surface area contributed by atoms with Gasteiger partial charge in [0, 0.05) is 22.6 Å². The third-order valence-corrected chi connectivity index (χ3v) is 3.65. The molecule has 5 heteroatoms. The van der Waals surface area contributed by atoms with Crippen molar-refractivity contribution in [3.05, 3.63) is 38.3 Å². The molecule has 0 bridgehead atoms. The number of benzene rings is 1. The Morgan fingerprint density at radius 3 is 2.71 bits per heavy atom. The van der Waals surface area contributed by atoms with Crippen LogP contribution in [0.3, 0.4) is 0 Å². The quantitative estimate of drug-likeness (QED) is 0.648. The highest BCUT2D eigenvalue weighted by Gasteiger charge is 2.10. The van der Waals surface area contributed by atoms with Gasteiger partial charge in [0.1, 0.15) is 0 Å². The summed E-state index contributed by atoms with van der Waals surface area (Å²) in [5.74, 6) is 0. The number of non-ortho nitro benzene ring substituents is 1. The summed E-state index contributed by atoms with van der Waals surface area (Å²) in [4.78, 5) is 10.2. The molecular weight excluding hydrogens is 284 g/mol. The number of hydrogen-bond acceptors (Lipinski definition) is 3. The Balaban J connectivity index is 2.69. The van der Waals surface area contributed by atoms with Crippen molar-refractivity contribution in [2.24, 2.45) is 0 Å². The lowest BCUT2D eigenvalue weighted by atomic mass is 10.0. The van der Waals surface area contributed by atoms with Crippen LogP contribution in [0, 0.1) is 10.1 Å². The fourth-order valence-corrected chi connectivity index (χ4v) is 2.30. The van der Waals surface area contributed by atoms with Crippen molar-refractivity contribution in [2.75, 3.05) is 7.05 Å². The van der Waals surface area contributed by atoms with Crippen molar-refractivity contribution in [3.8, 4) is 0 Å². The Kier molecular flexibility index (Phi) is 5.58. The Morgan fingerprint density at radius 2 is 2.24 bits per heavy atom. The topological polar surface area (TPSA) is 55.2 Å². The van der Waals surface area contributed by atoms with E-state index in [9.17, 15) is 10.1 Å². The van der Waals surface area contributed by atoms with Crippen LogP contribution in [-0.4, -0.2) is 18.0 Å². The number of hydrogen-bond donors (Lipinski definition) is 1. The zero-order chi connectivity index (χ0) is 12.8. The highest BCUT2D eigenvalue weighted by atomic mass is 79.9. The molecule has 94 valence electrons. The van der Waals surface area contributed by atoms with Crippen LogP contribution in [0.1, 0.15) is 25.3 Å². The molecule has 0 aromatic heterocycles. The van der Waals surface area contributed by atoms with Crippen LogP contribution in [0.5, 0.6) is 0 Å². The van der Waals surface area contributed by atoms with E-state index in [0.717, 1.165) is 29.3 Å². The van der Waals surface area contributed by atoms with E-state index in [-0.39, 0.29) is 10.6 Å². The molecule has 0 heterocycles. The van der Waals surface area contributed by atoms with Crippen LogP contribution < -0.4 is 5.32 Å². The third-order valence-electron chi connectivity index (χ3n) is 2.91. The molecule has 17 heavy (non-hydrogen) atoms. The first-order valence-electron chi connectivity index (χ1n) is 5.68. The molecule has 0 aliphatic heterocycles. The number of nitrogens with one attached hydrogen (secondary N) is 1. The molecule has 1 aromatic rings. The fourth-order valence-electron chi connectivity index (χ4n) is 1.73. The molecule has 0 saturated heterocycles. The zero-order valence-corrected chi connectivity index (χ0v) is 11.7. The highest BCUT2D eigenvalue weighted by molar-refractivity contribution is 9.10. The second-order valence-corrected chi connectivity index (χ2v) is 4.82. The molecule has 0 radical (unpaired) electrons. The fraction of sp³-hybridized carbons (Fsp3) is 0.500. The smallest absolute Gasteiger partial charge is 0.270 e. The summed E-state index contributed by atoms with van der Waals surface area (Å²) in [6.45, 7) is 2.14. The van der Waals surface area contributed by atoms with Gasteiger partial charge in [0.2, 0.25) is 0 Å². The molecule has 1 unspecified atom stereocenters. The van der Waals surface area contributed by atoms with Gasteiger partial charge >= 0.3 is 0 Å². The molecule has 0 spiro atoms. The van der Waals surface area contributed by atoms with Crippen LogP contribution >= 0.6 is 15.9 Å². The Hall–Kier alpha value is -0.940. The molecule has 1 atom stereocenters.